The topological polar surface area (TPSA) is 134 Å². The molecule has 2 unspecified atom stereocenters. The van der Waals surface area contributed by atoms with Crippen LogP contribution in [-0.2, 0) is 21.8 Å². The van der Waals surface area contributed by atoms with Crippen LogP contribution in [0.1, 0.15) is 19.5 Å². The van der Waals surface area contributed by atoms with Crippen LogP contribution >= 0.6 is 0 Å². The maximum atomic E-state index is 12.2. The van der Waals surface area contributed by atoms with Crippen molar-refractivity contribution in [1.82, 2.24) is 14.5 Å². The molecule has 23 heavy (non-hydrogen) atoms. The maximum absolute atomic E-state index is 12.2. The molecule has 0 radical (unpaired) electrons. The molecule has 0 aliphatic rings. The van der Waals surface area contributed by atoms with E-state index in [2.05, 4.69) is 9.82 Å². The standard InChI is InChI=1S/C13H25N3O6S/c1-8(22-10(3)13(19)11(18)7-17)5-14-23(20,21)12-6-16(4)15-9(12)2/h6,8,10-11,13-14,17-19H,5,7H2,1-4H3/t8-,10?,11+,13?/m0/s1. The molecule has 1 aromatic rings. The van der Waals surface area contributed by atoms with Crippen LogP contribution in [-0.4, -0.2) is 71.1 Å². The van der Waals surface area contributed by atoms with Gasteiger partial charge in [-0.25, -0.2) is 13.1 Å². The second kappa shape index (κ2) is 8.18. The minimum atomic E-state index is -3.71. The number of nitrogens with zero attached hydrogens (tertiary/aromatic N) is 2. The van der Waals surface area contributed by atoms with Gasteiger partial charge >= 0.3 is 0 Å². The number of aliphatic hydroxyl groups is 3. The molecule has 4 N–H and O–H groups in total. The van der Waals surface area contributed by atoms with Gasteiger partial charge in [0.2, 0.25) is 10.0 Å². The summed E-state index contributed by atoms with van der Waals surface area (Å²) in [6, 6.07) is 0. The predicted molar refractivity (Wildman–Crippen MR) is 82.2 cm³/mol. The lowest BCUT2D eigenvalue weighted by atomic mass is 10.1. The van der Waals surface area contributed by atoms with Crippen molar-refractivity contribution in [3.63, 3.8) is 0 Å². The second-order valence-electron chi connectivity index (χ2n) is 5.50. The molecule has 134 valence electrons. The van der Waals surface area contributed by atoms with Crippen molar-refractivity contribution in [2.24, 2.45) is 7.05 Å². The van der Waals surface area contributed by atoms with Gasteiger partial charge in [0.25, 0.3) is 0 Å². The van der Waals surface area contributed by atoms with Gasteiger partial charge in [-0.3, -0.25) is 4.68 Å². The Morgan fingerprint density at radius 3 is 2.48 bits per heavy atom. The quantitative estimate of drug-likeness (QED) is 0.426. The van der Waals surface area contributed by atoms with Gasteiger partial charge in [0.05, 0.1) is 24.5 Å². The summed E-state index contributed by atoms with van der Waals surface area (Å²) >= 11 is 0. The first-order valence-corrected chi connectivity index (χ1v) is 8.69. The molecule has 0 saturated heterocycles. The van der Waals surface area contributed by atoms with Crippen LogP contribution in [0.2, 0.25) is 0 Å². The minimum absolute atomic E-state index is 0.0110. The van der Waals surface area contributed by atoms with E-state index < -0.39 is 41.0 Å². The molecular formula is C13H25N3O6S. The summed E-state index contributed by atoms with van der Waals surface area (Å²) in [6.45, 7) is 4.16. The van der Waals surface area contributed by atoms with Crippen LogP contribution in [0.5, 0.6) is 0 Å². The highest BCUT2D eigenvalue weighted by Crippen LogP contribution is 2.13. The molecule has 1 heterocycles. The molecule has 0 amide bonds. The smallest absolute Gasteiger partial charge is 0.244 e. The van der Waals surface area contributed by atoms with E-state index in [1.165, 1.54) is 17.8 Å². The SMILES string of the molecule is Cc1nn(C)cc1S(=O)(=O)NC[C@H](C)OC(C)C(O)[C@H](O)CO. The molecule has 0 aliphatic carbocycles. The summed E-state index contributed by atoms with van der Waals surface area (Å²) in [5.41, 5.74) is 0.392. The Morgan fingerprint density at radius 2 is 2.00 bits per heavy atom. The third kappa shape index (κ3) is 5.52. The molecule has 1 aromatic heterocycles. The second-order valence-corrected chi connectivity index (χ2v) is 7.23. The van der Waals surface area contributed by atoms with Crippen LogP contribution in [0.4, 0.5) is 0 Å². The first kappa shape index (κ1) is 20.0. The fourth-order valence-corrected chi connectivity index (χ4v) is 3.39. The zero-order valence-corrected chi connectivity index (χ0v) is 14.5. The number of aryl methyl sites for hydroxylation is 2. The van der Waals surface area contributed by atoms with Crippen molar-refractivity contribution in [2.45, 2.75) is 50.1 Å². The lowest BCUT2D eigenvalue weighted by Crippen LogP contribution is -2.42. The van der Waals surface area contributed by atoms with Crippen molar-refractivity contribution in [3.8, 4) is 0 Å². The third-order valence-electron chi connectivity index (χ3n) is 3.33. The van der Waals surface area contributed by atoms with E-state index in [0.29, 0.717) is 5.69 Å². The Kier molecular flexibility index (Phi) is 7.11. The Morgan fingerprint density at radius 1 is 1.39 bits per heavy atom. The summed E-state index contributed by atoms with van der Waals surface area (Å²) in [5.74, 6) is 0. The van der Waals surface area contributed by atoms with Gasteiger partial charge in [-0.2, -0.15) is 5.10 Å². The van der Waals surface area contributed by atoms with Crippen LogP contribution in [0.25, 0.3) is 0 Å². The largest absolute Gasteiger partial charge is 0.394 e. The molecule has 0 bridgehead atoms. The Balaban J connectivity index is 2.59. The van der Waals surface area contributed by atoms with Crippen molar-refractivity contribution >= 4 is 10.0 Å². The average Bonchev–Trinajstić information content (AvgIpc) is 2.83. The van der Waals surface area contributed by atoms with Gasteiger partial charge in [0, 0.05) is 19.8 Å². The summed E-state index contributed by atoms with van der Waals surface area (Å²) in [4.78, 5) is 0.0935. The summed E-state index contributed by atoms with van der Waals surface area (Å²) < 4.78 is 33.7. The zero-order valence-electron chi connectivity index (χ0n) is 13.7. The van der Waals surface area contributed by atoms with Gasteiger partial charge in [-0.05, 0) is 20.8 Å². The molecule has 4 atom stereocenters. The van der Waals surface area contributed by atoms with Gasteiger partial charge in [0.1, 0.15) is 17.1 Å². The average molecular weight is 351 g/mol. The first-order valence-electron chi connectivity index (χ1n) is 7.20. The summed E-state index contributed by atoms with van der Waals surface area (Å²) in [5, 5.41) is 31.8. The number of nitrogens with one attached hydrogen (secondary N) is 1. The van der Waals surface area contributed by atoms with E-state index in [-0.39, 0.29) is 11.4 Å². The van der Waals surface area contributed by atoms with E-state index in [4.69, 9.17) is 9.84 Å². The zero-order chi connectivity index (χ0) is 17.8. The van der Waals surface area contributed by atoms with E-state index in [1.54, 1.807) is 20.9 Å². The van der Waals surface area contributed by atoms with Crippen molar-refractivity contribution in [3.05, 3.63) is 11.9 Å². The number of aliphatic hydroxyl groups excluding tert-OH is 3. The fourth-order valence-electron chi connectivity index (χ4n) is 2.06. The molecular weight excluding hydrogens is 326 g/mol. The molecule has 0 aromatic carbocycles. The van der Waals surface area contributed by atoms with Crippen LogP contribution < -0.4 is 4.72 Å². The fraction of sp³-hybridized carbons (Fsp3) is 0.769. The minimum Gasteiger partial charge on any atom is -0.394 e. The van der Waals surface area contributed by atoms with Crippen LogP contribution in [0.15, 0.2) is 11.1 Å². The number of aromatic nitrogens is 2. The number of sulfonamides is 1. The molecule has 0 aliphatic heterocycles. The number of rotatable bonds is 9. The first-order chi connectivity index (χ1) is 10.6. The van der Waals surface area contributed by atoms with Gasteiger partial charge in [-0.15, -0.1) is 0 Å². The lowest BCUT2D eigenvalue weighted by molar-refractivity contribution is -0.111. The highest BCUT2D eigenvalue weighted by atomic mass is 32.2. The highest BCUT2D eigenvalue weighted by molar-refractivity contribution is 7.89. The normalized spacial score (nSPS) is 17.7. The van der Waals surface area contributed by atoms with Crippen LogP contribution in [0.3, 0.4) is 0 Å². The summed E-state index contributed by atoms with van der Waals surface area (Å²) in [7, 11) is -2.08. The third-order valence-corrected chi connectivity index (χ3v) is 4.85. The molecule has 10 heteroatoms. The lowest BCUT2D eigenvalue weighted by Gasteiger charge is -2.26. The van der Waals surface area contributed by atoms with E-state index in [9.17, 15) is 18.6 Å². The molecule has 9 nitrogen and oxygen atoms in total. The van der Waals surface area contributed by atoms with Gasteiger partial charge in [0.15, 0.2) is 0 Å². The molecule has 0 saturated carbocycles. The van der Waals surface area contributed by atoms with Crippen molar-refractivity contribution < 1.29 is 28.5 Å². The molecule has 0 fully saturated rings. The van der Waals surface area contributed by atoms with E-state index in [0.717, 1.165) is 0 Å². The molecule has 1 rings (SSSR count). The highest BCUT2D eigenvalue weighted by Gasteiger charge is 2.25. The Hall–Kier alpha value is -1.04. The summed E-state index contributed by atoms with van der Waals surface area (Å²) in [6.07, 6.45) is -2.48. The predicted octanol–water partition coefficient (Wildman–Crippen LogP) is -1.49. The maximum Gasteiger partial charge on any atom is 0.244 e. The van der Waals surface area contributed by atoms with Crippen molar-refractivity contribution in [1.29, 1.82) is 0 Å². The number of ether oxygens (including phenoxy) is 1. The monoisotopic (exact) mass is 351 g/mol. The van der Waals surface area contributed by atoms with Gasteiger partial charge in [-0.1, -0.05) is 0 Å². The van der Waals surface area contributed by atoms with E-state index in [1.807, 2.05) is 0 Å². The number of hydrogen-bond acceptors (Lipinski definition) is 7. The Labute approximate surface area is 135 Å². The van der Waals surface area contributed by atoms with Gasteiger partial charge < -0.3 is 20.1 Å². The Bertz CT molecular complexity index is 603. The number of hydrogen-bond donors (Lipinski definition) is 4. The van der Waals surface area contributed by atoms with E-state index >= 15 is 0 Å². The van der Waals surface area contributed by atoms with Crippen molar-refractivity contribution in [2.75, 3.05) is 13.2 Å². The molecule has 0 spiro atoms. The van der Waals surface area contributed by atoms with Crippen LogP contribution in [0, 0.1) is 6.92 Å².